The molecule has 2 aliphatic heterocycles. The summed E-state index contributed by atoms with van der Waals surface area (Å²) in [5.74, 6) is -0.0397. The number of rotatable bonds is 5. The Bertz CT molecular complexity index is 1210. The van der Waals surface area contributed by atoms with E-state index in [1.54, 1.807) is 35.2 Å². The Morgan fingerprint density at radius 2 is 1.51 bits per heavy atom. The first-order chi connectivity index (χ1) is 18.1. The molecule has 1 unspecified atom stereocenters. The third-order valence-corrected chi connectivity index (χ3v) is 7.30. The fourth-order valence-corrected chi connectivity index (χ4v) is 5.02. The number of para-hydroxylation sites is 1. The van der Waals surface area contributed by atoms with Crippen molar-refractivity contribution in [2.75, 3.05) is 36.1 Å². The molecular weight excluding hydrogens is 550 g/mol. The summed E-state index contributed by atoms with van der Waals surface area (Å²) in [7, 11) is 0. The number of nitrogens with zero attached hydrogens (tertiary/aromatic N) is 4. The van der Waals surface area contributed by atoms with E-state index in [1.165, 1.54) is 18.2 Å². The molecule has 39 heavy (non-hydrogen) atoms. The summed E-state index contributed by atoms with van der Waals surface area (Å²) in [6.45, 7) is 5.89. The maximum Gasteiger partial charge on any atom is 0.431 e. The highest BCUT2D eigenvalue weighted by atomic mass is 35.5. The Kier molecular flexibility index (Phi) is 7.83. The van der Waals surface area contributed by atoms with Crippen molar-refractivity contribution >= 4 is 34.6 Å². The third kappa shape index (κ3) is 5.41. The van der Waals surface area contributed by atoms with Crippen molar-refractivity contribution in [3.63, 3.8) is 0 Å². The van der Waals surface area contributed by atoms with E-state index in [9.17, 15) is 36.2 Å². The number of hydrogen-bond donors (Lipinski definition) is 1. The smallest absolute Gasteiger partial charge is 0.369 e. The normalized spacial score (nSPS) is 19.1. The van der Waals surface area contributed by atoms with Crippen LogP contribution in [0, 0.1) is 5.92 Å². The summed E-state index contributed by atoms with van der Waals surface area (Å²) in [5, 5.41) is 14.7. The summed E-state index contributed by atoms with van der Waals surface area (Å²) < 4.78 is 81.9. The molecule has 2 aromatic rings. The predicted octanol–water partition coefficient (Wildman–Crippen LogP) is 5.81. The standard InChI is InChI=1S/C26H27ClF6N4O2/c1-16(2)23(38)36-13-11-35(12-14-36)18-9-7-17(8-10-18)21-15-22(24(39,25(28,29)30)26(31,32)33)34-37(21)20-6-4-3-5-19(20)27/h3-10,16,21,39H,11-15H2,1-2H3. The molecule has 2 heterocycles. The van der Waals surface area contributed by atoms with Crippen molar-refractivity contribution in [1.29, 1.82) is 0 Å². The van der Waals surface area contributed by atoms with Crippen LogP contribution in [-0.4, -0.2) is 65.8 Å². The highest BCUT2D eigenvalue weighted by Crippen LogP contribution is 2.49. The van der Waals surface area contributed by atoms with Gasteiger partial charge >= 0.3 is 12.4 Å². The maximum absolute atomic E-state index is 13.6. The number of hydrazone groups is 1. The molecule has 4 rings (SSSR count). The van der Waals surface area contributed by atoms with Gasteiger partial charge in [0.15, 0.2) is 0 Å². The van der Waals surface area contributed by atoms with Gasteiger partial charge in [-0.25, -0.2) is 0 Å². The van der Waals surface area contributed by atoms with E-state index < -0.39 is 36.1 Å². The third-order valence-electron chi connectivity index (χ3n) is 6.98. The molecule has 0 spiro atoms. The van der Waals surface area contributed by atoms with Gasteiger partial charge < -0.3 is 14.9 Å². The van der Waals surface area contributed by atoms with Gasteiger partial charge in [-0.15, -0.1) is 0 Å². The van der Waals surface area contributed by atoms with Crippen LogP contribution in [0.2, 0.25) is 5.02 Å². The fourth-order valence-electron chi connectivity index (χ4n) is 4.79. The summed E-state index contributed by atoms with van der Waals surface area (Å²) in [6.07, 6.45) is -12.9. The zero-order valence-corrected chi connectivity index (χ0v) is 21.9. The second-order valence-corrected chi connectivity index (χ2v) is 10.2. The maximum atomic E-state index is 13.6. The number of benzene rings is 2. The van der Waals surface area contributed by atoms with Crippen LogP contribution in [0.15, 0.2) is 53.6 Å². The second kappa shape index (κ2) is 10.5. The first-order valence-electron chi connectivity index (χ1n) is 12.3. The topological polar surface area (TPSA) is 59.4 Å². The van der Waals surface area contributed by atoms with E-state index in [0.29, 0.717) is 31.7 Å². The van der Waals surface area contributed by atoms with Crippen LogP contribution in [-0.2, 0) is 4.79 Å². The molecule has 0 saturated carbocycles. The van der Waals surface area contributed by atoms with E-state index in [4.69, 9.17) is 11.6 Å². The minimum absolute atomic E-state index is 0.0689. The van der Waals surface area contributed by atoms with Crippen LogP contribution in [0.3, 0.4) is 0 Å². The van der Waals surface area contributed by atoms with Gasteiger partial charge in [0.1, 0.15) is 0 Å². The van der Waals surface area contributed by atoms with Crippen molar-refractivity contribution in [3.05, 3.63) is 59.1 Å². The number of hydrogen-bond acceptors (Lipinski definition) is 5. The van der Waals surface area contributed by atoms with E-state index in [0.717, 1.165) is 10.7 Å². The highest BCUT2D eigenvalue weighted by molar-refractivity contribution is 6.33. The van der Waals surface area contributed by atoms with Gasteiger partial charge in [-0.05, 0) is 29.8 Å². The summed E-state index contributed by atoms with van der Waals surface area (Å²) >= 11 is 6.23. The molecular formula is C26H27ClF6N4O2. The lowest BCUT2D eigenvalue weighted by molar-refractivity contribution is -0.338. The molecule has 0 aromatic heterocycles. The van der Waals surface area contributed by atoms with Gasteiger partial charge in [0.25, 0.3) is 5.60 Å². The number of carbonyl (C=O) groups excluding carboxylic acids is 1. The molecule has 212 valence electrons. The van der Waals surface area contributed by atoms with Crippen LogP contribution >= 0.6 is 11.6 Å². The van der Waals surface area contributed by atoms with Gasteiger partial charge in [0, 0.05) is 44.2 Å². The predicted molar refractivity (Wildman–Crippen MR) is 136 cm³/mol. The number of amides is 1. The van der Waals surface area contributed by atoms with E-state index in [1.807, 2.05) is 18.7 Å². The quantitative estimate of drug-likeness (QED) is 0.457. The Balaban J connectivity index is 1.63. The molecule has 0 aliphatic carbocycles. The number of piperazine rings is 1. The molecule has 2 aliphatic rings. The first-order valence-corrected chi connectivity index (χ1v) is 12.6. The number of aliphatic hydroxyl groups is 1. The van der Waals surface area contributed by atoms with Gasteiger partial charge in [0.2, 0.25) is 5.91 Å². The molecule has 2 aromatic carbocycles. The Labute approximate surface area is 226 Å². The molecule has 1 N–H and O–H groups in total. The lowest BCUT2D eigenvalue weighted by atomic mass is 9.90. The molecule has 0 bridgehead atoms. The highest BCUT2D eigenvalue weighted by Gasteiger charge is 2.74. The van der Waals surface area contributed by atoms with Gasteiger partial charge in [-0.3, -0.25) is 9.80 Å². The van der Waals surface area contributed by atoms with Crippen LogP contribution in [0.4, 0.5) is 37.7 Å². The van der Waals surface area contributed by atoms with Crippen molar-refractivity contribution < 1.29 is 36.2 Å². The average Bonchev–Trinajstić information content (AvgIpc) is 3.32. The van der Waals surface area contributed by atoms with E-state index in [-0.39, 0.29) is 22.5 Å². The molecule has 1 atom stereocenters. The zero-order valence-electron chi connectivity index (χ0n) is 21.1. The molecule has 0 radical (unpaired) electrons. The second-order valence-electron chi connectivity index (χ2n) is 9.83. The van der Waals surface area contributed by atoms with Crippen molar-refractivity contribution in [2.24, 2.45) is 11.0 Å². The van der Waals surface area contributed by atoms with Crippen molar-refractivity contribution in [1.82, 2.24) is 4.90 Å². The number of anilines is 2. The van der Waals surface area contributed by atoms with Gasteiger partial charge in [0.05, 0.1) is 22.5 Å². The number of alkyl halides is 6. The molecule has 1 fully saturated rings. The van der Waals surface area contributed by atoms with Crippen molar-refractivity contribution in [3.8, 4) is 0 Å². The number of halogens is 7. The fraction of sp³-hybridized carbons (Fsp3) is 0.462. The van der Waals surface area contributed by atoms with Gasteiger partial charge in [-0.2, -0.15) is 31.4 Å². The number of carbonyl (C=O) groups is 1. The molecule has 13 heteroatoms. The average molecular weight is 577 g/mol. The lowest BCUT2D eigenvalue weighted by Gasteiger charge is -2.37. The molecule has 6 nitrogen and oxygen atoms in total. The Morgan fingerprint density at radius 3 is 2.03 bits per heavy atom. The summed E-state index contributed by atoms with van der Waals surface area (Å²) in [4.78, 5) is 16.1. The Morgan fingerprint density at radius 1 is 0.949 bits per heavy atom. The largest absolute Gasteiger partial charge is 0.431 e. The minimum atomic E-state index is -6.05. The lowest BCUT2D eigenvalue weighted by Crippen LogP contribution is -2.62. The zero-order chi connectivity index (χ0) is 28.8. The Hall–Kier alpha value is -2.99. The van der Waals surface area contributed by atoms with Crippen LogP contribution < -0.4 is 9.91 Å². The summed E-state index contributed by atoms with van der Waals surface area (Å²) in [6, 6.07) is 11.5. The first kappa shape index (κ1) is 29.0. The molecule has 1 amide bonds. The van der Waals surface area contributed by atoms with Crippen LogP contribution in [0.5, 0.6) is 0 Å². The summed E-state index contributed by atoms with van der Waals surface area (Å²) in [5.41, 5.74) is -5.32. The monoisotopic (exact) mass is 576 g/mol. The van der Waals surface area contributed by atoms with E-state index >= 15 is 0 Å². The minimum Gasteiger partial charge on any atom is -0.369 e. The van der Waals surface area contributed by atoms with Crippen LogP contribution in [0.1, 0.15) is 31.9 Å². The SMILES string of the molecule is CC(C)C(=O)N1CCN(c2ccc(C3CC(C(O)(C(F)(F)F)C(F)(F)F)=NN3c3ccccc3Cl)cc2)CC1. The molecule has 1 saturated heterocycles. The van der Waals surface area contributed by atoms with Gasteiger partial charge in [-0.1, -0.05) is 49.7 Å². The van der Waals surface area contributed by atoms with Crippen LogP contribution in [0.25, 0.3) is 0 Å². The van der Waals surface area contributed by atoms with Crippen molar-refractivity contribution in [2.45, 2.75) is 44.3 Å². The van der Waals surface area contributed by atoms with E-state index in [2.05, 4.69) is 5.10 Å².